The maximum Gasteiger partial charge on any atom is 0.224 e. The topological polar surface area (TPSA) is 41.1 Å². The summed E-state index contributed by atoms with van der Waals surface area (Å²) in [5.74, 6) is 0.0975. The zero-order valence-electron chi connectivity index (χ0n) is 10.2. The first-order chi connectivity index (χ1) is 8.58. The van der Waals surface area contributed by atoms with Gasteiger partial charge >= 0.3 is 0 Å². The molecule has 2 rings (SSSR count). The highest BCUT2D eigenvalue weighted by molar-refractivity contribution is 9.10. The van der Waals surface area contributed by atoms with Gasteiger partial charge < -0.3 is 10.6 Å². The van der Waals surface area contributed by atoms with Crippen molar-refractivity contribution >= 4 is 21.8 Å². The lowest BCUT2D eigenvalue weighted by Crippen LogP contribution is -2.34. The van der Waals surface area contributed by atoms with E-state index in [1.54, 1.807) is 6.07 Å². The van der Waals surface area contributed by atoms with Crippen LogP contribution in [0.5, 0.6) is 0 Å². The van der Waals surface area contributed by atoms with Gasteiger partial charge in [-0.3, -0.25) is 4.79 Å². The monoisotopic (exact) mass is 314 g/mol. The van der Waals surface area contributed by atoms with Gasteiger partial charge in [0.15, 0.2) is 0 Å². The fraction of sp³-hybridized carbons (Fsp3) is 0.462. The van der Waals surface area contributed by atoms with Crippen molar-refractivity contribution in [2.75, 3.05) is 13.1 Å². The molecule has 18 heavy (non-hydrogen) atoms. The van der Waals surface area contributed by atoms with E-state index >= 15 is 0 Å². The molecule has 2 N–H and O–H groups in total. The molecule has 5 heteroatoms. The molecule has 0 saturated carbocycles. The zero-order valence-corrected chi connectivity index (χ0v) is 11.8. The number of amides is 1. The van der Waals surface area contributed by atoms with Crippen LogP contribution < -0.4 is 10.6 Å². The van der Waals surface area contributed by atoms with Crippen molar-refractivity contribution in [3.8, 4) is 0 Å². The molecule has 0 aliphatic carbocycles. The van der Waals surface area contributed by atoms with E-state index in [9.17, 15) is 9.18 Å². The number of benzene rings is 1. The van der Waals surface area contributed by atoms with Gasteiger partial charge in [-0.2, -0.15) is 0 Å². The Labute approximate surface area is 114 Å². The highest BCUT2D eigenvalue weighted by Gasteiger charge is 2.29. The number of halogens is 2. The second-order valence-corrected chi connectivity index (χ2v) is 5.55. The molecule has 3 nitrogen and oxygen atoms in total. The molecule has 1 amide bonds. The van der Waals surface area contributed by atoms with Gasteiger partial charge in [0.05, 0.1) is 5.92 Å². The van der Waals surface area contributed by atoms with E-state index in [1.807, 2.05) is 0 Å². The van der Waals surface area contributed by atoms with Gasteiger partial charge in [-0.1, -0.05) is 22.9 Å². The van der Waals surface area contributed by atoms with Crippen molar-refractivity contribution < 1.29 is 9.18 Å². The molecule has 0 aromatic heterocycles. The molecular weight excluding hydrogens is 299 g/mol. The Hall–Kier alpha value is -0.940. The van der Waals surface area contributed by atoms with E-state index in [1.165, 1.54) is 12.1 Å². The van der Waals surface area contributed by atoms with Gasteiger partial charge in [-0.05, 0) is 36.2 Å². The Bertz CT molecular complexity index is 453. The number of nitrogens with one attached hydrogen (secondary N) is 2. The Morgan fingerprint density at radius 1 is 1.56 bits per heavy atom. The van der Waals surface area contributed by atoms with Crippen LogP contribution in [0.3, 0.4) is 0 Å². The molecule has 1 aliphatic heterocycles. The summed E-state index contributed by atoms with van der Waals surface area (Å²) in [6, 6.07) is 4.47. The lowest BCUT2D eigenvalue weighted by molar-refractivity contribution is -0.125. The lowest BCUT2D eigenvalue weighted by Gasteiger charge is -2.14. The second kappa shape index (κ2) is 5.80. The highest BCUT2D eigenvalue weighted by atomic mass is 79.9. The molecule has 1 aromatic rings. The van der Waals surface area contributed by atoms with Crippen LogP contribution in [0.25, 0.3) is 0 Å². The normalized spacial score (nSPS) is 23.1. The van der Waals surface area contributed by atoms with Gasteiger partial charge in [0.25, 0.3) is 0 Å². The minimum absolute atomic E-state index is 0.0114. The van der Waals surface area contributed by atoms with E-state index in [-0.39, 0.29) is 17.6 Å². The summed E-state index contributed by atoms with van der Waals surface area (Å²) in [5, 5.41) is 6.06. The van der Waals surface area contributed by atoms with Crippen LogP contribution in [-0.4, -0.2) is 19.0 Å². The molecular formula is C13H16BrFN2O. The smallest absolute Gasteiger partial charge is 0.224 e. The van der Waals surface area contributed by atoms with Gasteiger partial charge in [-0.15, -0.1) is 0 Å². The summed E-state index contributed by atoms with van der Waals surface area (Å²) in [6.45, 7) is 4.00. The molecule has 1 saturated heterocycles. The highest BCUT2D eigenvalue weighted by Crippen LogP contribution is 2.19. The van der Waals surface area contributed by atoms with Gasteiger partial charge in [0, 0.05) is 17.6 Å². The van der Waals surface area contributed by atoms with Crippen molar-refractivity contribution in [3.05, 3.63) is 34.1 Å². The maximum atomic E-state index is 13.1. The lowest BCUT2D eigenvalue weighted by atomic mass is 9.97. The third-order valence-corrected chi connectivity index (χ3v) is 4.09. The third-order valence-electron chi connectivity index (χ3n) is 3.32. The molecule has 0 bridgehead atoms. The summed E-state index contributed by atoms with van der Waals surface area (Å²) in [5.41, 5.74) is 0.752. The summed E-state index contributed by atoms with van der Waals surface area (Å²) in [4.78, 5) is 12.0. The number of rotatable bonds is 3. The fourth-order valence-electron chi connectivity index (χ4n) is 2.15. The first kappa shape index (κ1) is 13.5. The quantitative estimate of drug-likeness (QED) is 0.896. The molecule has 0 spiro atoms. The van der Waals surface area contributed by atoms with Crippen molar-refractivity contribution in [2.45, 2.75) is 13.5 Å². The maximum absolute atomic E-state index is 13.1. The van der Waals surface area contributed by atoms with E-state index in [2.05, 4.69) is 33.5 Å². The molecule has 0 unspecified atom stereocenters. The van der Waals surface area contributed by atoms with E-state index in [0.29, 0.717) is 12.5 Å². The number of hydrogen-bond acceptors (Lipinski definition) is 2. The average molecular weight is 315 g/mol. The molecule has 1 fully saturated rings. The Morgan fingerprint density at radius 3 is 3.00 bits per heavy atom. The predicted molar refractivity (Wildman–Crippen MR) is 71.5 cm³/mol. The average Bonchev–Trinajstić information content (AvgIpc) is 2.76. The molecule has 1 aliphatic rings. The van der Waals surface area contributed by atoms with Crippen LogP contribution in [0.15, 0.2) is 22.7 Å². The van der Waals surface area contributed by atoms with Crippen LogP contribution in [0.1, 0.15) is 12.5 Å². The second-order valence-electron chi connectivity index (χ2n) is 4.70. The van der Waals surface area contributed by atoms with E-state index in [4.69, 9.17) is 0 Å². The Kier molecular flexibility index (Phi) is 4.35. The first-order valence-corrected chi connectivity index (χ1v) is 6.79. The van der Waals surface area contributed by atoms with Crippen molar-refractivity contribution in [1.29, 1.82) is 0 Å². The Balaban J connectivity index is 1.95. The largest absolute Gasteiger partial charge is 0.352 e. The predicted octanol–water partition coefficient (Wildman–Crippen LogP) is 2.06. The molecule has 1 aromatic carbocycles. The minimum atomic E-state index is -0.293. The van der Waals surface area contributed by atoms with Crippen molar-refractivity contribution in [2.24, 2.45) is 11.8 Å². The Morgan fingerprint density at radius 2 is 2.33 bits per heavy atom. The van der Waals surface area contributed by atoms with Gasteiger partial charge in [0.2, 0.25) is 5.91 Å². The van der Waals surface area contributed by atoms with Gasteiger partial charge in [0.1, 0.15) is 5.82 Å². The summed E-state index contributed by atoms with van der Waals surface area (Å²) >= 11 is 3.35. The number of carbonyl (C=O) groups is 1. The first-order valence-electron chi connectivity index (χ1n) is 6.00. The molecule has 98 valence electrons. The van der Waals surface area contributed by atoms with Crippen molar-refractivity contribution in [3.63, 3.8) is 0 Å². The number of carbonyl (C=O) groups excluding carboxylic acids is 1. The van der Waals surface area contributed by atoms with Gasteiger partial charge in [-0.25, -0.2) is 4.39 Å². The minimum Gasteiger partial charge on any atom is -0.352 e. The SMILES string of the molecule is C[C@@H]1CNC[C@H]1C(=O)NCc1cc(F)ccc1Br. The standard InChI is InChI=1S/C13H16BrFN2O/c1-8-5-16-7-11(8)13(18)17-6-9-4-10(15)2-3-12(9)14/h2-4,8,11,16H,5-7H2,1H3,(H,17,18)/t8-,11-/m1/s1. The molecule has 1 heterocycles. The van der Waals surface area contributed by atoms with Crippen LogP contribution >= 0.6 is 15.9 Å². The summed E-state index contributed by atoms with van der Waals surface area (Å²) in [6.07, 6.45) is 0. The van der Waals surface area contributed by atoms with Crippen LogP contribution in [0.4, 0.5) is 4.39 Å². The summed E-state index contributed by atoms with van der Waals surface area (Å²) < 4.78 is 13.9. The zero-order chi connectivity index (χ0) is 13.1. The third kappa shape index (κ3) is 3.09. The van der Waals surface area contributed by atoms with E-state index < -0.39 is 0 Å². The van der Waals surface area contributed by atoms with Crippen LogP contribution in [0, 0.1) is 17.7 Å². The van der Waals surface area contributed by atoms with E-state index in [0.717, 1.165) is 23.1 Å². The van der Waals surface area contributed by atoms with Crippen LogP contribution in [-0.2, 0) is 11.3 Å². The van der Waals surface area contributed by atoms with Crippen LogP contribution in [0.2, 0.25) is 0 Å². The van der Waals surface area contributed by atoms with Crippen molar-refractivity contribution in [1.82, 2.24) is 10.6 Å². The summed E-state index contributed by atoms with van der Waals surface area (Å²) in [7, 11) is 0. The molecule has 0 radical (unpaired) electrons. The number of hydrogen-bond donors (Lipinski definition) is 2. The fourth-order valence-corrected chi connectivity index (χ4v) is 2.54. The molecule has 2 atom stereocenters.